The van der Waals surface area contributed by atoms with E-state index in [4.69, 9.17) is 15.0 Å². The molecule has 0 saturated heterocycles. The van der Waals surface area contributed by atoms with Gasteiger partial charge in [0.15, 0.2) is 17.5 Å². The third kappa shape index (κ3) is 7.63. The molecule has 4 nitrogen and oxygen atoms in total. The Kier molecular flexibility index (Phi) is 10.5. The Morgan fingerprint density at radius 1 is 0.527 bits per heavy atom. The molecule has 0 fully saturated rings. The van der Waals surface area contributed by atoms with Crippen LogP contribution in [0.5, 0.6) is 0 Å². The molecule has 0 bridgehead atoms. The molecule has 2 aliphatic rings. The molecule has 0 radical (unpaired) electrons. The Labute approximate surface area is 324 Å². The summed E-state index contributed by atoms with van der Waals surface area (Å²) in [5, 5.41) is 0. The monoisotopic (exact) mass is 712 g/mol. The van der Waals surface area contributed by atoms with Gasteiger partial charge in [0.25, 0.3) is 0 Å². The molecule has 6 aromatic rings. The maximum Gasteiger partial charge on any atom is 0.164 e. The Balaban J connectivity index is 1.24. The molecule has 1 aromatic heterocycles. The molecular weight excluding hydrogens is 669 g/mol. The lowest BCUT2D eigenvalue weighted by atomic mass is 9.83. The minimum Gasteiger partial charge on any atom is -0.293 e. The summed E-state index contributed by atoms with van der Waals surface area (Å²) >= 11 is 0. The first kappa shape index (κ1) is 35.5. The van der Waals surface area contributed by atoms with Gasteiger partial charge >= 0.3 is 0 Å². The lowest BCUT2D eigenvalue weighted by Gasteiger charge is -2.20. The van der Waals surface area contributed by atoms with Gasteiger partial charge in [-0.25, -0.2) is 15.0 Å². The molecule has 0 saturated carbocycles. The van der Waals surface area contributed by atoms with Gasteiger partial charge in [-0.2, -0.15) is 0 Å². The molecule has 0 atom stereocenters. The maximum atomic E-state index is 5.10. The van der Waals surface area contributed by atoms with Crippen LogP contribution >= 0.6 is 0 Å². The van der Waals surface area contributed by atoms with Crippen LogP contribution in [0.15, 0.2) is 169 Å². The van der Waals surface area contributed by atoms with E-state index in [9.17, 15) is 0 Å². The van der Waals surface area contributed by atoms with E-state index in [0.717, 1.165) is 70.4 Å². The molecule has 0 amide bonds. The van der Waals surface area contributed by atoms with Crippen LogP contribution in [0.3, 0.4) is 0 Å². The van der Waals surface area contributed by atoms with Crippen LogP contribution in [0.25, 0.3) is 72.9 Å². The van der Waals surface area contributed by atoms with Gasteiger partial charge in [-0.05, 0) is 113 Å². The second-order valence-electron chi connectivity index (χ2n) is 13.9. The predicted molar refractivity (Wildman–Crippen MR) is 232 cm³/mol. The summed E-state index contributed by atoms with van der Waals surface area (Å²) in [7, 11) is 1.83. The van der Waals surface area contributed by atoms with E-state index in [-0.39, 0.29) is 0 Å². The summed E-state index contributed by atoms with van der Waals surface area (Å²) in [5.74, 6) is 1.98. The van der Waals surface area contributed by atoms with Crippen molar-refractivity contribution in [2.24, 2.45) is 4.99 Å². The van der Waals surface area contributed by atoms with Crippen LogP contribution in [0.4, 0.5) is 0 Å². The van der Waals surface area contributed by atoms with Crippen LogP contribution in [0.2, 0.25) is 0 Å². The molecule has 1 heterocycles. The third-order valence-corrected chi connectivity index (χ3v) is 10.4. The number of allylic oxidation sites excluding steroid dienone is 10. The molecule has 8 rings (SSSR count). The van der Waals surface area contributed by atoms with Gasteiger partial charge in [0.2, 0.25) is 0 Å². The Morgan fingerprint density at radius 2 is 1.11 bits per heavy atom. The molecule has 5 aromatic carbocycles. The summed E-state index contributed by atoms with van der Waals surface area (Å²) in [6, 6.07) is 43.3. The van der Waals surface area contributed by atoms with E-state index >= 15 is 0 Å². The highest BCUT2D eigenvalue weighted by molar-refractivity contribution is 6.22. The van der Waals surface area contributed by atoms with Crippen LogP contribution in [0.1, 0.15) is 56.5 Å². The van der Waals surface area contributed by atoms with E-state index in [2.05, 4.69) is 169 Å². The molecule has 268 valence electrons. The minimum atomic E-state index is 0.648. The number of nitrogens with zero attached hydrogens (tertiary/aromatic N) is 4. The summed E-state index contributed by atoms with van der Waals surface area (Å²) in [6.07, 6.45) is 19.7. The standard InChI is InChI=1S/C51H44N4/c1-4-45(35(2)52-3)42-26-17-27-43(32-42)51-54-49(40-24-15-8-16-25-40)53-50(55-51)41-30-28-36(29-31-41)44-33-46(37-18-9-5-10-19-37)48(39-22-13-7-14-23-39)47(34-44)38-20-11-6-12-21-38/h4-5,7,9-11,13-15,17-34H,6,8,12,16H2,1-3H3/b45-4+,52-35?. The van der Waals surface area contributed by atoms with E-state index in [0.29, 0.717) is 17.5 Å². The van der Waals surface area contributed by atoms with Crippen LogP contribution < -0.4 is 0 Å². The first-order chi connectivity index (χ1) is 27.1. The molecule has 0 N–H and O–H groups in total. The number of rotatable bonds is 9. The lowest BCUT2D eigenvalue weighted by molar-refractivity contribution is 1.01. The van der Waals surface area contributed by atoms with Gasteiger partial charge in [0.05, 0.1) is 0 Å². The Morgan fingerprint density at radius 3 is 1.75 bits per heavy atom. The van der Waals surface area contributed by atoms with Crippen LogP contribution in [-0.4, -0.2) is 27.7 Å². The van der Waals surface area contributed by atoms with E-state index in [1.54, 1.807) is 0 Å². The van der Waals surface area contributed by atoms with Crippen molar-refractivity contribution in [1.29, 1.82) is 0 Å². The number of aromatic nitrogens is 3. The van der Waals surface area contributed by atoms with Gasteiger partial charge in [0, 0.05) is 29.5 Å². The molecule has 2 aliphatic carbocycles. The number of hydrogen-bond acceptors (Lipinski definition) is 4. The van der Waals surface area contributed by atoms with Crippen molar-refractivity contribution in [1.82, 2.24) is 15.0 Å². The fourth-order valence-corrected chi connectivity index (χ4v) is 7.50. The average molecular weight is 713 g/mol. The summed E-state index contributed by atoms with van der Waals surface area (Å²) in [4.78, 5) is 19.6. The zero-order valence-corrected chi connectivity index (χ0v) is 31.7. The van der Waals surface area contributed by atoms with Crippen LogP contribution in [-0.2, 0) is 0 Å². The largest absolute Gasteiger partial charge is 0.293 e. The average Bonchev–Trinajstić information content (AvgIpc) is 3.27. The highest BCUT2D eigenvalue weighted by Gasteiger charge is 2.19. The van der Waals surface area contributed by atoms with Crippen molar-refractivity contribution in [2.45, 2.75) is 39.5 Å². The van der Waals surface area contributed by atoms with Crippen molar-refractivity contribution >= 4 is 22.4 Å². The number of benzene rings is 5. The topological polar surface area (TPSA) is 51.0 Å². The summed E-state index contributed by atoms with van der Waals surface area (Å²) < 4.78 is 0. The highest BCUT2D eigenvalue weighted by Crippen LogP contribution is 2.42. The van der Waals surface area contributed by atoms with Gasteiger partial charge in [-0.3, -0.25) is 4.99 Å². The minimum absolute atomic E-state index is 0.648. The number of aliphatic imine (C=N–C) groups is 1. The quantitative estimate of drug-likeness (QED) is 0.140. The Hall–Kier alpha value is -6.52. The van der Waals surface area contributed by atoms with Crippen molar-refractivity contribution < 1.29 is 0 Å². The van der Waals surface area contributed by atoms with Crippen molar-refractivity contribution in [3.63, 3.8) is 0 Å². The SMILES string of the molecule is C/C=C(\C(C)=NC)c1cccc(-c2nc(C3=CCCC=C3)nc(-c3ccc(-c4cc(C5=CCCC=C5)c(-c5ccccc5)c(-c5ccccc5)c4)cc3)n2)c1. The second-order valence-corrected chi connectivity index (χ2v) is 13.9. The molecule has 55 heavy (non-hydrogen) atoms. The Bertz CT molecular complexity index is 2530. The van der Waals surface area contributed by atoms with Gasteiger partial charge in [-0.1, -0.05) is 146 Å². The number of hydrogen-bond donors (Lipinski definition) is 0. The lowest BCUT2D eigenvalue weighted by Crippen LogP contribution is -2.03. The fourth-order valence-electron chi connectivity index (χ4n) is 7.50. The fraction of sp³-hybridized carbons (Fsp3) is 0.137. The van der Waals surface area contributed by atoms with Gasteiger partial charge in [-0.15, -0.1) is 0 Å². The third-order valence-electron chi connectivity index (χ3n) is 10.4. The first-order valence-corrected chi connectivity index (χ1v) is 19.2. The van der Waals surface area contributed by atoms with Crippen LogP contribution in [0, 0.1) is 0 Å². The van der Waals surface area contributed by atoms with E-state index in [1.165, 1.54) is 33.4 Å². The molecule has 0 unspecified atom stereocenters. The molecule has 0 spiro atoms. The summed E-state index contributed by atoms with van der Waals surface area (Å²) in [6.45, 7) is 4.09. The first-order valence-electron chi connectivity index (χ1n) is 19.2. The zero-order chi connectivity index (χ0) is 37.6. The smallest absolute Gasteiger partial charge is 0.164 e. The zero-order valence-electron chi connectivity index (χ0n) is 31.7. The normalized spacial score (nSPS) is 14.5. The molecule has 0 aliphatic heterocycles. The van der Waals surface area contributed by atoms with Gasteiger partial charge in [0.1, 0.15) is 0 Å². The molecular formula is C51H44N4. The summed E-state index contributed by atoms with van der Waals surface area (Å²) in [5.41, 5.74) is 15.7. The van der Waals surface area contributed by atoms with Gasteiger partial charge < -0.3 is 0 Å². The van der Waals surface area contributed by atoms with E-state index < -0.39 is 0 Å². The van der Waals surface area contributed by atoms with Crippen molar-refractivity contribution in [3.8, 4) is 56.2 Å². The van der Waals surface area contributed by atoms with Crippen molar-refractivity contribution in [2.75, 3.05) is 7.05 Å². The highest BCUT2D eigenvalue weighted by atomic mass is 15.0. The van der Waals surface area contributed by atoms with Crippen molar-refractivity contribution in [3.05, 3.63) is 181 Å². The molecule has 4 heteroatoms. The maximum absolute atomic E-state index is 5.10. The van der Waals surface area contributed by atoms with E-state index in [1.807, 2.05) is 20.9 Å². The second kappa shape index (κ2) is 16.2. The predicted octanol–water partition coefficient (Wildman–Crippen LogP) is 13.2.